The molecule has 0 spiro atoms. The van der Waals surface area contributed by atoms with Crippen molar-refractivity contribution in [1.29, 1.82) is 5.41 Å². The van der Waals surface area contributed by atoms with Gasteiger partial charge in [0, 0.05) is 73.5 Å². The lowest BCUT2D eigenvalue weighted by Crippen LogP contribution is -2.46. The zero-order valence-electron chi connectivity index (χ0n) is 18.0. The van der Waals surface area contributed by atoms with Gasteiger partial charge in [0.15, 0.2) is 0 Å². The monoisotopic (exact) mass is 422 g/mol. The van der Waals surface area contributed by atoms with Crippen molar-refractivity contribution in [1.82, 2.24) is 4.90 Å². The van der Waals surface area contributed by atoms with Crippen molar-refractivity contribution in [2.45, 2.75) is 26.2 Å². The summed E-state index contributed by atoms with van der Waals surface area (Å²) in [5, 5.41) is 7.66. The molecule has 31 heavy (non-hydrogen) atoms. The number of nitrogens with one attached hydrogen (secondary N) is 1. The van der Waals surface area contributed by atoms with E-state index in [1.165, 1.54) is 11.8 Å². The second-order valence-electron chi connectivity index (χ2n) is 8.33. The molecule has 1 fully saturated rings. The first-order chi connectivity index (χ1) is 14.8. The summed E-state index contributed by atoms with van der Waals surface area (Å²) in [5.41, 5.74) is 5.30. The van der Waals surface area contributed by atoms with Crippen LogP contribution in [0.4, 0.5) is 14.5 Å². The van der Waals surface area contributed by atoms with Crippen molar-refractivity contribution in [3.05, 3.63) is 65.9 Å². The van der Waals surface area contributed by atoms with Gasteiger partial charge in [-0.05, 0) is 24.6 Å². The zero-order chi connectivity index (χ0) is 22.0. The third-order valence-corrected chi connectivity index (χ3v) is 5.84. The normalized spacial score (nSPS) is 16.9. The van der Waals surface area contributed by atoms with Crippen molar-refractivity contribution in [2.75, 3.05) is 37.6 Å². The quantitative estimate of drug-likeness (QED) is 0.637. The number of aliphatic imine (C=N–C) groups is 1. The number of piperazine rings is 1. The minimum atomic E-state index is -2.90. The molecule has 4 rings (SSSR count). The van der Waals surface area contributed by atoms with Gasteiger partial charge in [-0.1, -0.05) is 42.5 Å². The van der Waals surface area contributed by atoms with E-state index < -0.39 is 5.92 Å². The highest BCUT2D eigenvalue weighted by molar-refractivity contribution is 6.09. The molecule has 1 N–H and O–H groups in total. The smallest absolute Gasteiger partial charge is 0.271 e. The van der Waals surface area contributed by atoms with Gasteiger partial charge in [0.2, 0.25) is 0 Å². The van der Waals surface area contributed by atoms with Gasteiger partial charge in [0.25, 0.3) is 5.92 Å². The van der Waals surface area contributed by atoms with Crippen molar-refractivity contribution >= 4 is 17.1 Å². The number of rotatable bonds is 6. The van der Waals surface area contributed by atoms with E-state index in [9.17, 15) is 8.78 Å². The van der Waals surface area contributed by atoms with Gasteiger partial charge in [-0.3, -0.25) is 4.99 Å². The molecular formula is C25H28F2N4. The van der Waals surface area contributed by atoms with Crippen LogP contribution in [-0.2, 0) is 5.92 Å². The number of allylic oxidation sites excluding steroid dienone is 1. The highest BCUT2D eigenvalue weighted by Gasteiger charge is 2.29. The molecule has 0 aliphatic carbocycles. The van der Waals surface area contributed by atoms with E-state index in [0.29, 0.717) is 24.2 Å². The number of nitrogens with zero attached hydrogens (tertiary/aromatic N) is 3. The van der Waals surface area contributed by atoms with Gasteiger partial charge in [0.05, 0.1) is 6.54 Å². The summed E-state index contributed by atoms with van der Waals surface area (Å²) in [6.45, 7) is 6.79. The Labute approximate surface area is 182 Å². The Kier molecular flexibility index (Phi) is 5.90. The zero-order valence-corrected chi connectivity index (χ0v) is 18.0. The topological polar surface area (TPSA) is 42.7 Å². The average Bonchev–Trinajstić information content (AvgIpc) is 3.21. The SMILES string of the molecule is CC(=N)CC1=NCC(N2CCN(c3ccccc3-c3ccccc3C(C)(F)F)CC2)=C1. The highest BCUT2D eigenvalue weighted by atomic mass is 19.3. The first-order valence-corrected chi connectivity index (χ1v) is 10.7. The van der Waals surface area contributed by atoms with Gasteiger partial charge in [-0.2, -0.15) is 0 Å². The number of halogens is 2. The van der Waals surface area contributed by atoms with Crippen LogP contribution >= 0.6 is 0 Å². The predicted octanol–water partition coefficient (Wildman–Crippen LogP) is 5.36. The minimum Gasteiger partial charge on any atom is -0.370 e. The predicted molar refractivity (Wildman–Crippen MR) is 124 cm³/mol. The molecule has 2 aromatic rings. The molecule has 0 aromatic heterocycles. The van der Waals surface area contributed by atoms with Crippen molar-refractivity contribution in [3.8, 4) is 11.1 Å². The van der Waals surface area contributed by atoms with Crippen LogP contribution in [0.3, 0.4) is 0 Å². The molecule has 6 heteroatoms. The maximum absolute atomic E-state index is 14.3. The van der Waals surface area contributed by atoms with Crippen molar-refractivity contribution in [2.24, 2.45) is 4.99 Å². The Hall–Kier alpha value is -3.02. The highest BCUT2D eigenvalue weighted by Crippen LogP contribution is 2.39. The molecule has 0 bridgehead atoms. The summed E-state index contributed by atoms with van der Waals surface area (Å²) in [6, 6.07) is 14.6. The maximum Gasteiger partial charge on any atom is 0.271 e. The minimum absolute atomic E-state index is 0.0587. The molecule has 4 nitrogen and oxygen atoms in total. The summed E-state index contributed by atoms with van der Waals surface area (Å²) in [5.74, 6) is -2.90. The van der Waals surface area contributed by atoms with Gasteiger partial charge >= 0.3 is 0 Å². The van der Waals surface area contributed by atoms with Crippen LogP contribution in [0, 0.1) is 5.41 Å². The van der Waals surface area contributed by atoms with E-state index in [1.54, 1.807) is 19.1 Å². The van der Waals surface area contributed by atoms with Gasteiger partial charge < -0.3 is 15.2 Å². The molecule has 0 amide bonds. The van der Waals surface area contributed by atoms with Gasteiger partial charge in [-0.25, -0.2) is 8.78 Å². The van der Waals surface area contributed by atoms with E-state index >= 15 is 0 Å². The van der Waals surface area contributed by atoms with Crippen LogP contribution in [0.15, 0.2) is 65.3 Å². The van der Waals surface area contributed by atoms with E-state index in [4.69, 9.17) is 5.41 Å². The second-order valence-corrected chi connectivity index (χ2v) is 8.33. The number of anilines is 1. The van der Waals surface area contributed by atoms with Crippen LogP contribution < -0.4 is 4.90 Å². The number of para-hydroxylation sites is 1. The summed E-state index contributed by atoms with van der Waals surface area (Å²) in [4.78, 5) is 9.19. The molecular weight excluding hydrogens is 394 g/mol. The third kappa shape index (κ3) is 4.68. The van der Waals surface area contributed by atoms with Gasteiger partial charge in [-0.15, -0.1) is 0 Å². The molecule has 162 valence electrons. The van der Waals surface area contributed by atoms with Crippen LogP contribution in [-0.4, -0.2) is 49.0 Å². The summed E-state index contributed by atoms with van der Waals surface area (Å²) in [7, 11) is 0. The van der Waals surface area contributed by atoms with Crippen LogP contribution in [0.1, 0.15) is 25.8 Å². The largest absolute Gasteiger partial charge is 0.370 e. The van der Waals surface area contributed by atoms with Gasteiger partial charge in [0.1, 0.15) is 0 Å². The summed E-state index contributed by atoms with van der Waals surface area (Å²) in [6.07, 6.45) is 2.72. The lowest BCUT2D eigenvalue weighted by atomic mass is 9.94. The summed E-state index contributed by atoms with van der Waals surface area (Å²) >= 11 is 0. The Morgan fingerprint density at radius 1 is 0.968 bits per heavy atom. The van der Waals surface area contributed by atoms with Crippen LogP contribution in [0.2, 0.25) is 0 Å². The fraction of sp³-hybridized carbons (Fsp3) is 0.360. The van der Waals surface area contributed by atoms with Crippen LogP contribution in [0.5, 0.6) is 0 Å². The van der Waals surface area contributed by atoms with E-state index in [1.807, 2.05) is 30.3 Å². The van der Waals surface area contributed by atoms with Crippen molar-refractivity contribution in [3.63, 3.8) is 0 Å². The number of benzene rings is 2. The molecule has 2 heterocycles. The molecule has 0 saturated carbocycles. The standard InChI is InChI=1S/C25H28F2N4/c1-18(28)15-19-16-20(17-29-19)30-11-13-31(14-12-30)24-10-6-4-8-22(24)21-7-3-5-9-23(21)25(2,26)27/h3-10,16,28H,11-15,17H2,1-2H3. The molecule has 2 aromatic carbocycles. The Bertz CT molecular complexity index is 1030. The first-order valence-electron chi connectivity index (χ1n) is 10.7. The molecule has 0 radical (unpaired) electrons. The number of hydrogen-bond acceptors (Lipinski definition) is 4. The van der Waals surface area contributed by atoms with Crippen LogP contribution in [0.25, 0.3) is 11.1 Å². The average molecular weight is 423 g/mol. The van der Waals surface area contributed by atoms with Crippen molar-refractivity contribution < 1.29 is 8.78 Å². The second kappa shape index (κ2) is 8.61. The Morgan fingerprint density at radius 3 is 2.26 bits per heavy atom. The maximum atomic E-state index is 14.3. The number of hydrogen-bond donors (Lipinski definition) is 1. The molecule has 0 unspecified atom stereocenters. The first kappa shape index (κ1) is 21.2. The van der Waals surface area contributed by atoms with E-state index in [2.05, 4.69) is 20.9 Å². The third-order valence-electron chi connectivity index (χ3n) is 5.84. The van der Waals surface area contributed by atoms with E-state index in [-0.39, 0.29) is 5.56 Å². The fourth-order valence-electron chi connectivity index (χ4n) is 4.35. The Morgan fingerprint density at radius 2 is 1.58 bits per heavy atom. The fourth-order valence-corrected chi connectivity index (χ4v) is 4.35. The molecule has 2 aliphatic rings. The lowest BCUT2D eigenvalue weighted by Gasteiger charge is -2.38. The Balaban J connectivity index is 1.52. The summed E-state index contributed by atoms with van der Waals surface area (Å²) < 4.78 is 28.5. The molecule has 2 aliphatic heterocycles. The number of alkyl halides is 2. The molecule has 1 saturated heterocycles. The van der Waals surface area contributed by atoms with E-state index in [0.717, 1.165) is 50.1 Å². The molecule has 0 atom stereocenters. The lowest BCUT2D eigenvalue weighted by molar-refractivity contribution is 0.0181.